The SMILES string of the molecule is C=C1C(O)[C@@H]2/C=C/C[C@H](C)C(=O)[C@](C)(O)/C=C/OC(=O)O[C@]23C(=O)N[C@@H](Cc2ccccc2)[C@@H]3C1C. The molecule has 192 valence electrons. The zero-order valence-corrected chi connectivity index (χ0v) is 20.7. The van der Waals surface area contributed by atoms with Gasteiger partial charge >= 0.3 is 6.16 Å². The van der Waals surface area contributed by atoms with Gasteiger partial charge in [-0.3, -0.25) is 9.59 Å². The van der Waals surface area contributed by atoms with Gasteiger partial charge < -0.3 is 25.0 Å². The van der Waals surface area contributed by atoms with Crippen LogP contribution in [0.15, 0.2) is 67.0 Å². The molecule has 4 rings (SSSR count). The smallest absolute Gasteiger partial charge is 0.416 e. The number of hydrogen-bond donors (Lipinski definition) is 3. The number of aliphatic hydroxyl groups excluding tert-OH is 1. The van der Waals surface area contributed by atoms with E-state index < -0.39 is 58.9 Å². The van der Waals surface area contributed by atoms with Gasteiger partial charge in [0, 0.05) is 17.9 Å². The summed E-state index contributed by atoms with van der Waals surface area (Å²) in [6, 6.07) is 9.26. The molecule has 1 aromatic carbocycles. The van der Waals surface area contributed by atoms with Gasteiger partial charge in [0.1, 0.15) is 5.60 Å². The lowest BCUT2D eigenvalue weighted by Crippen LogP contribution is -2.61. The summed E-state index contributed by atoms with van der Waals surface area (Å²) in [7, 11) is 0. The number of ketones is 1. The number of benzene rings is 1. The van der Waals surface area contributed by atoms with Crippen molar-refractivity contribution in [2.45, 2.75) is 57.0 Å². The highest BCUT2D eigenvalue weighted by atomic mass is 16.7. The average molecular weight is 496 g/mol. The molecule has 36 heavy (non-hydrogen) atoms. The Balaban J connectivity index is 1.80. The molecule has 1 aromatic rings. The van der Waals surface area contributed by atoms with Gasteiger partial charge in [0.05, 0.1) is 18.3 Å². The lowest BCUT2D eigenvalue weighted by atomic mass is 9.59. The van der Waals surface area contributed by atoms with Crippen LogP contribution in [0.4, 0.5) is 4.79 Å². The van der Waals surface area contributed by atoms with Crippen LogP contribution < -0.4 is 5.32 Å². The van der Waals surface area contributed by atoms with Crippen LogP contribution in [-0.2, 0) is 25.5 Å². The Bertz CT molecular complexity index is 1110. The molecule has 1 aliphatic carbocycles. The number of Topliss-reactive ketones (excluding diaryl/α,β-unsaturated/α-hetero) is 1. The van der Waals surface area contributed by atoms with Crippen molar-refractivity contribution >= 4 is 17.8 Å². The maximum absolute atomic E-state index is 13.7. The van der Waals surface area contributed by atoms with E-state index in [0.717, 1.165) is 17.9 Å². The van der Waals surface area contributed by atoms with Crippen molar-refractivity contribution in [3.8, 4) is 0 Å². The first kappa shape index (κ1) is 25.9. The van der Waals surface area contributed by atoms with Gasteiger partial charge in [-0.1, -0.05) is 62.9 Å². The van der Waals surface area contributed by atoms with Gasteiger partial charge in [-0.05, 0) is 42.9 Å². The van der Waals surface area contributed by atoms with E-state index in [4.69, 9.17) is 9.47 Å². The van der Waals surface area contributed by atoms with E-state index in [-0.39, 0.29) is 12.3 Å². The second-order valence-corrected chi connectivity index (χ2v) is 10.3. The Labute approximate surface area is 210 Å². The Kier molecular flexibility index (Phi) is 6.94. The van der Waals surface area contributed by atoms with Crippen molar-refractivity contribution in [3.63, 3.8) is 0 Å². The molecule has 1 amide bonds. The highest BCUT2D eigenvalue weighted by Gasteiger charge is 2.68. The molecule has 0 bridgehead atoms. The Morgan fingerprint density at radius 2 is 1.86 bits per heavy atom. The summed E-state index contributed by atoms with van der Waals surface area (Å²) in [6.45, 7) is 8.95. The van der Waals surface area contributed by atoms with E-state index in [1.807, 2.05) is 37.3 Å². The van der Waals surface area contributed by atoms with E-state index in [1.165, 1.54) is 6.92 Å². The molecule has 8 nitrogen and oxygen atoms in total. The number of ether oxygens (including phenoxy) is 2. The monoisotopic (exact) mass is 495 g/mol. The fraction of sp³-hybridized carbons (Fsp3) is 0.464. The molecule has 2 fully saturated rings. The lowest BCUT2D eigenvalue weighted by Gasteiger charge is -2.48. The van der Waals surface area contributed by atoms with E-state index in [9.17, 15) is 24.6 Å². The number of nitrogens with one attached hydrogen (secondary N) is 1. The highest BCUT2D eigenvalue weighted by Crippen LogP contribution is 2.52. The van der Waals surface area contributed by atoms with Gasteiger partial charge in [-0.15, -0.1) is 0 Å². The molecule has 8 heteroatoms. The Hall–Kier alpha value is -3.23. The molecule has 0 radical (unpaired) electrons. The standard InChI is InChI=1S/C28H33NO7/c1-16-9-8-12-20-23(30)18(3)17(2)22-21(15-19-10-6-5-7-11-19)29-25(32)28(20,22)36-26(33)35-14-13-27(4,34)24(16)31/h5-8,10-14,16-17,20-23,30,34H,3,9,15H2,1-2,4H3,(H,29,32)/b12-8+,14-13+/t16-,17?,20-,21-,22-,23?,27+,28+/m0/s1. The van der Waals surface area contributed by atoms with Crippen molar-refractivity contribution in [2.75, 3.05) is 0 Å². The first-order chi connectivity index (χ1) is 17.0. The zero-order chi connectivity index (χ0) is 26.3. The third kappa shape index (κ3) is 4.40. The number of carbonyl (C=O) groups excluding carboxylic acids is 3. The summed E-state index contributed by atoms with van der Waals surface area (Å²) in [5, 5.41) is 24.8. The number of amides is 1. The molecule has 2 aliphatic heterocycles. The maximum Gasteiger partial charge on any atom is 0.514 e. The minimum atomic E-state index is -1.86. The highest BCUT2D eigenvalue weighted by molar-refractivity contribution is 5.92. The molecular formula is C28H33NO7. The van der Waals surface area contributed by atoms with Crippen LogP contribution >= 0.6 is 0 Å². The molecule has 8 atom stereocenters. The minimum absolute atomic E-state index is 0.249. The van der Waals surface area contributed by atoms with Crippen LogP contribution in [0.3, 0.4) is 0 Å². The van der Waals surface area contributed by atoms with E-state index >= 15 is 0 Å². The summed E-state index contributed by atoms with van der Waals surface area (Å²) >= 11 is 0. The van der Waals surface area contributed by atoms with Crippen molar-refractivity contribution in [2.24, 2.45) is 23.7 Å². The van der Waals surface area contributed by atoms with Crippen molar-refractivity contribution < 1.29 is 34.1 Å². The molecule has 0 aromatic heterocycles. The molecule has 3 N–H and O–H groups in total. The van der Waals surface area contributed by atoms with Crippen molar-refractivity contribution in [1.29, 1.82) is 0 Å². The Morgan fingerprint density at radius 1 is 1.17 bits per heavy atom. The molecule has 2 heterocycles. The number of carbonyl (C=O) groups is 3. The van der Waals surface area contributed by atoms with Gasteiger partial charge in [0.2, 0.25) is 5.60 Å². The lowest BCUT2D eigenvalue weighted by molar-refractivity contribution is -0.159. The second kappa shape index (κ2) is 9.67. The van der Waals surface area contributed by atoms with Crippen LogP contribution in [0.1, 0.15) is 32.8 Å². The molecule has 1 saturated heterocycles. The topological polar surface area (TPSA) is 122 Å². The number of hydrogen-bond acceptors (Lipinski definition) is 7. The third-order valence-corrected chi connectivity index (χ3v) is 7.83. The van der Waals surface area contributed by atoms with Crippen molar-refractivity contribution in [3.05, 3.63) is 72.5 Å². The van der Waals surface area contributed by atoms with E-state index in [2.05, 4.69) is 11.9 Å². The summed E-state index contributed by atoms with van der Waals surface area (Å²) in [5.74, 6) is -3.41. The first-order valence-electron chi connectivity index (χ1n) is 12.2. The normalized spacial score (nSPS) is 40.8. The van der Waals surface area contributed by atoms with Crippen LogP contribution in [0.5, 0.6) is 0 Å². The summed E-state index contributed by atoms with van der Waals surface area (Å²) in [6.07, 6.45) is 3.68. The van der Waals surface area contributed by atoms with Crippen LogP contribution in [-0.4, -0.2) is 51.4 Å². The fourth-order valence-corrected chi connectivity index (χ4v) is 5.86. The number of allylic oxidation sites excluding steroid dienone is 1. The molecule has 1 spiro atoms. The van der Waals surface area contributed by atoms with E-state index in [1.54, 1.807) is 19.1 Å². The van der Waals surface area contributed by atoms with Crippen molar-refractivity contribution in [1.82, 2.24) is 5.32 Å². The number of cyclic esters (lactones) is 1. The second-order valence-electron chi connectivity index (χ2n) is 10.3. The molecule has 1 saturated carbocycles. The van der Waals surface area contributed by atoms with Crippen LogP contribution in [0.2, 0.25) is 0 Å². The Morgan fingerprint density at radius 3 is 2.56 bits per heavy atom. The number of rotatable bonds is 2. The van der Waals surface area contributed by atoms with Gasteiger partial charge in [0.15, 0.2) is 5.78 Å². The quantitative estimate of drug-likeness (QED) is 0.426. The van der Waals surface area contributed by atoms with Crippen LogP contribution in [0.25, 0.3) is 0 Å². The van der Waals surface area contributed by atoms with Crippen LogP contribution in [0, 0.1) is 23.7 Å². The third-order valence-electron chi connectivity index (χ3n) is 7.83. The molecule has 3 aliphatic rings. The summed E-state index contributed by atoms with van der Waals surface area (Å²) in [5.41, 5.74) is -2.08. The molecule has 2 unspecified atom stereocenters. The predicted molar refractivity (Wildman–Crippen MR) is 131 cm³/mol. The molecular weight excluding hydrogens is 462 g/mol. The van der Waals surface area contributed by atoms with Gasteiger partial charge in [-0.2, -0.15) is 0 Å². The van der Waals surface area contributed by atoms with E-state index in [0.29, 0.717) is 12.0 Å². The summed E-state index contributed by atoms with van der Waals surface area (Å²) in [4.78, 5) is 39.3. The fourth-order valence-electron chi connectivity index (χ4n) is 5.86. The largest absolute Gasteiger partial charge is 0.514 e. The summed E-state index contributed by atoms with van der Waals surface area (Å²) < 4.78 is 10.9. The van der Waals surface area contributed by atoms with Gasteiger partial charge in [0.25, 0.3) is 5.91 Å². The minimum Gasteiger partial charge on any atom is -0.416 e. The first-order valence-corrected chi connectivity index (χ1v) is 12.2. The average Bonchev–Trinajstić information content (AvgIpc) is 3.10. The maximum atomic E-state index is 13.7. The predicted octanol–water partition coefficient (Wildman–Crippen LogP) is 2.85. The number of aliphatic hydroxyl groups is 2. The van der Waals surface area contributed by atoms with Gasteiger partial charge in [-0.25, -0.2) is 4.79 Å². The zero-order valence-electron chi connectivity index (χ0n) is 20.7.